The van der Waals surface area contributed by atoms with E-state index < -0.39 is 11.7 Å². The first-order chi connectivity index (χ1) is 20.3. The maximum atomic E-state index is 13.7. The van der Waals surface area contributed by atoms with E-state index in [4.69, 9.17) is 9.72 Å². The molecule has 4 aromatic rings. The van der Waals surface area contributed by atoms with Crippen molar-refractivity contribution in [1.82, 2.24) is 44.9 Å². The Balaban J connectivity index is 1.24. The minimum absolute atomic E-state index is 0.0703. The van der Waals surface area contributed by atoms with Crippen molar-refractivity contribution in [2.75, 3.05) is 51.3 Å². The number of aryl methyl sites for hydroxylation is 1. The second-order valence-corrected chi connectivity index (χ2v) is 10.4. The van der Waals surface area contributed by atoms with Gasteiger partial charge in [0.25, 0.3) is 5.91 Å². The minimum Gasteiger partial charge on any atom is -0.385 e. The maximum absolute atomic E-state index is 13.7. The average Bonchev–Trinajstić information content (AvgIpc) is 3.77. The summed E-state index contributed by atoms with van der Waals surface area (Å²) in [6, 6.07) is 3.99. The van der Waals surface area contributed by atoms with Crippen LogP contribution in [-0.4, -0.2) is 92.4 Å². The number of hydrazine groups is 1. The Morgan fingerprint density at radius 2 is 1.93 bits per heavy atom. The lowest BCUT2D eigenvalue weighted by molar-refractivity contribution is -0.137. The molecule has 2 aliphatic rings. The molecule has 2 aliphatic heterocycles. The van der Waals surface area contributed by atoms with Crippen molar-refractivity contribution < 1.29 is 22.7 Å². The van der Waals surface area contributed by atoms with E-state index in [1.54, 1.807) is 36.4 Å². The zero-order valence-electron chi connectivity index (χ0n) is 23.0. The van der Waals surface area contributed by atoms with Crippen molar-refractivity contribution >= 4 is 17.4 Å². The van der Waals surface area contributed by atoms with Crippen LogP contribution in [0.1, 0.15) is 22.3 Å². The second kappa shape index (κ2) is 11.7. The number of carbonyl (C=O) groups is 1. The van der Waals surface area contributed by atoms with Gasteiger partial charge in [-0.1, -0.05) is 0 Å². The predicted molar refractivity (Wildman–Crippen MR) is 146 cm³/mol. The quantitative estimate of drug-likeness (QED) is 0.300. The largest absolute Gasteiger partial charge is 0.417 e. The molecule has 1 atom stereocenters. The molecule has 0 aliphatic carbocycles. The zero-order chi connectivity index (χ0) is 29.3. The number of imidazole rings is 1. The number of amides is 1. The summed E-state index contributed by atoms with van der Waals surface area (Å²) in [5.74, 6) is 0.983. The molecule has 0 radical (unpaired) electrons. The fourth-order valence-corrected chi connectivity index (χ4v) is 5.52. The molecule has 15 heteroatoms. The Kier molecular flexibility index (Phi) is 7.79. The van der Waals surface area contributed by atoms with Gasteiger partial charge in [-0.3, -0.25) is 24.7 Å². The lowest BCUT2D eigenvalue weighted by Gasteiger charge is -2.44. The van der Waals surface area contributed by atoms with Crippen LogP contribution in [0.4, 0.5) is 19.0 Å². The fraction of sp³-hybridized carbons (Fsp3) is 0.444. The molecular weight excluding hydrogens is 553 g/mol. The monoisotopic (exact) mass is 584 g/mol. The number of nitrogens with one attached hydrogen (secondary N) is 2. The summed E-state index contributed by atoms with van der Waals surface area (Å²) in [6.45, 7) is 4.22. The van der Waals surface area contributed by atoms with E-state index >= 15 is 0 Å². The smallest absolute Gasteiger partial charge is 0.385 e. The number of ether oxygens (including phenoxy) is 1. The van der Waals surface area contributed by atoms with E-state index in [0.717, 1.165) is 18.7 Å². The highest BCUT2D eigenvalue weighted by Crippen LogP contribution is 2.31. The third-order valence-corrected chi connectivity index (χ3v) is 7.72. The van der Waals surface area contributed by atoms with Gasteiger partial charge in [0.05, 0.1) is 29.6 Å². The van der Waals surface area contributed by atoms with Gasteiger partial charge in [-0.05, 0) is 24.6 Å². The van der Waals surface area contributed by atoms with Crippen LogP contribution in [0.5, 0.6) is 0 Å². The van der Waals surface area contributed by atoms with Crippen molar-refractivity contribution in [2.45, 2.75) is 25.2 Å². The summed E-state index contributed by atoms with van der Waals surface area (Å²) in [7, 11) is 1.65. The highest BCUT2D eigenvalue weighted by atomic mass is 19.4. The highest BCUT2D eigenvalue weighted by molar-refractivity contribution is 5.94. The minimum atomic E-state index is -4.49. The number of rotatable bonds is 8. The SMILES string of the molecule is COCCCn1cc(C(=O)N2CCN(c3ccnc(-c4cnc5ccc(C(F)(F)F)cn45)n3)CC2C2CNNC2)cn1. The summed E-state index contributed by atoms with van der Waals surface area (Å²) < 4.78 is 48.3. The first kappa shape index (κ1) is 28.1. The van der Waals surface area contributed by atoms with Gasteiger partial charge in [0, 0.05) is 77.5 Å². The standard InChI is InChI=1S/C27H31F3N10O2/c1-42-10-2-7-38-15-19(13-35-38)26(41)39-9-8-37(17-22(39)18-11-33-34-12-18)24-5-6-31-25(36-24)21-14-32-23-4-3-20(16-40(21)23)27(28,29)30/h3-6,13-16,18,22,33-34H,2,7-12,17H2,1H3. The number of hydrogen-bond donors (Lipinski definition) is 2. The third-order valence-electron chi connectivity index (χ3n) is 7.72. The van der Waals surface area contributed by atoms with Gasteiger partial charge in [0.2, 0.25) is 0 Å². The molecule has 4 aromatic heterocycles. The molecule has 2 saturated heterocycles. The van der Waals surface area contributed by atoms with E-state index in [2.05, 4.69) is 30.8 Å². The molecule has 2 N–H and O–H groups in total. The number of piperazine rings is 1. The molecule has 222 valence electrons. The summed E-state index contributed by atoms with van der Waals surface area (Å²) in [5, 5.41) is 4.36. The van der Waals surface area contributed by atoms with Gasteiger partial charge >= 0.3 is 6.18 Å². The normalized spacial score (nSPS) is 18.3. The molecule has 1 unspecified atom stereocenters. The summed E-state index contributed by atoms with van der Waals surface area (Å²) >= 11 is 0. The van der Waals surface area contributed by atoms with Crippen molar-refractivity contribution in [3.8, 4) is 11.5 Å². The fourth-order valence-electron chi connectivity index (χ4n) is 5.52. The average molecular weight is 585 g/mol. The predicted octanol–water partition coefficient (Wildman–Crippen LogP) is 2.10. The zero-order valence-corrected chi connectivity index (χ0v) is 23.0. The van der Waals surface area contributed by atoms with E-state index in [9.17, 15) is 18.0 Å². The van der Waals surface area contributed by atoms with Crippen LogP contribution in [0.25, 0.3) is 17.2 Å². The number of alkyl halides is 3. The molecule has 12 nitrogen and oxygen atoms in total. The number of carbonyl (C=O) groups excluding carboxylic acids is 1. The van der Waals surface area contributed by atoms with Crippen LogP contribution in [0.15, 0.2) is 49.2 Å². The summed E-state index contributed by atoms with van der Waals surface area (Å²) in [4.78, 5) is 31.0. The van der Waals surface area contributed by atoms with Crippen LogP contribution in [0.3, 0.4) is 0 Å². The number of fused-ring (bicyclic) bond motifs is 1. The van der Waals surface area contributed by atoms with Gasteiger partial charge in [-0.15, -0.1) is 0 Å². The number of pyridine rings is 1. The first-order valence-electron chi connectivity index (χ1n) is 13.7. The molecule has 6 rings (SSSR count). The maximum Gasteiger partial charge on any atom is 0.417 e. The number of hydrogen-bond acceptors (Lipinski definition) is 9. The molecule has 0 bridgehead atoms. The highest BCUT2D eigenvalue weighted by Gasteiger charge is 2.38. The Hall–Kier alpha value is -4.08. The first-order valence-corrected chi connectivity index (χ1v) is 13.7. The van der Waals surface area contributed by atoms with E-state index in [1.807, 2.05) is 4.90 Å². The van der Waals surface area contributed by atoms with Crippen molar-refractivity contribution in [1.29, 1.82) is 0 Å². The van der Waals surface area contributed by atoms with E-state index in [0.29, 0.717) is 68.6 Å². The molecule has 0 saturated carbocycles. The van der Waals surface area contributed by atoms with Crippen molar-refractivity contribution in [3.63, 3.8) is 0 Å². The molecule has 2 fully saturated rings. The van der Waals surface area contributed by atoms with Crippen LogP contribution in [-0.2, 0) is 17.5 Å². The van der Waals surface area contributed by atoms with Gasteiger partial charge < -0.3 is 14.5 Å². The van der Waals surface area contributed by atoms with Crippen molar-refractivity contribution in [2.24, 2.45) is 5.92 Å². The number of nitrogens with zero attached hydrogens (tertiary/aromatic N) is 8. The van der Waals surface area contributed by atoms with E-state index in [-0.39, 0.29) is 23.7 Å². The number of halogens is 3. The van der Waals surface area contributed by atoms with Gasteiger partial charge in [0.1, 0.15) is 17.2 Å². The lowest BCUT2D eigenvalue weighted by atomic mass is 9.96. The van der Waals surface area contributed by atoms with Crippen LogP contribution in [0, 0.1) is 5.92 Å². The van der Waals surface area contributed by atoms with Gasteiger partial charge in [-0.25, -0.2) is 15.0 Å². The van der Waals surface area contributed by atoms with Gasteiger partial charge in [-0.2, -0.15) is 18.3 Å². The lowest BCUT2D eigenvalue weighted by Crippen LogP contribution is -2.59. The number of methoxy groups -OCH3 is 1. The molecule has 1 amide bonds. The summed E-state index contributed by atoms with van der Waals surface area (Å²) in [5.41, 5.74) is 6.81. The molecule has 42 heavy (non-hydrogen) atoms. The third kappa shape index (κ3) is 5.67. The number of aromatic nitrogens is 6. The van der Waals surface area contributed by atoms with Crippen LogP contribution >= 0.6 is 0 Å². The Bertz CT molecular complexity index is 1550. The number of anilines is 1. The topological polar surface area (TPSA) is 118 Å². The van der Waals surface area contributed by atoms with E-state index in [1.165, 1.54) is 16.7 Å². The van der Waals surface area contributed by atoms with Crippen molar-refractivity contribution in [3.05, 3.63) is 60.3 Å². The summed E-state index contributed by atoms with van der Waals surface area (Å²) in [6.07, 6.45) is 3.77. The molecule has 0 spiro atoms. The molecule has 0 aromatic carbocycles. The van der Waals surface area contributed by atoms with Gasteiger partial charge in [0.15, 0.2) is 5.82 Å². The van der Waals surface area contributed by atoms with Crippen LogP contribution < -0.4 is 15.8 Å². The molecule has 6 heterocycles. The second-order valence-electron chi connectivity index (χ2n) is 10.4. The Labute approximate surface area is 239 Å². The Morgan fingerprint density at radius 3 is 2.71 bits per heavy atom. The molecular formula is C27H31F3N10O2. The van der Waals surface area contributed by atoms with Crippen LogP contribution in [0.2, 0.25) is 0 Å². The Morgan fingerprint density at radius 1 is 1.10 bits per heavy atom.